The van der Waals surface area contributed by atoms with Crippen LogP contribution in [0.3, 0.4) is 0 Å². The second kappa shape index (κ2) is 8.13. The molecule has 0 aliphatic carbocycles. The third-order valence-corrected chi connectivity index (χ3v) is 4.40. The predicted octanol–water partition coefficient (Wildman–Crippen LogP) is 4.76. The number of furan rings is 1. The fourth-order valence-corrected chi connectivity index (χ4v) is 2.75. The van der Waals surface area contributed by atoms with Crippen LogP contribution in [-0.2, 0) is 12.0 Å². The first-order valence-electron chi connectivity index (χ1n) is 9.15. The highest BCUT2D eigenvalue weighted by atomic mass is 16.3. The normalized spacial score (nSPS) is 11.1. The summed E-state index contributed by atoms with van der Waals surface area (Å²) in [6.45, 7) is 6.70. The molecular formula is C23H24N2O3. The van der Waals surface area contributed by atoms with Gasteiger partial charge in [0.1, 0.15) is 5.76 Å². The number of carbonyl (C=O) groups excluding carboxylic acids is 2. The fourth-order valence-electron chi connectivity index (χ4n) is 2.75. The quantitative estimate of drug-likeness (QED) is 0.674. The minimum atomic E-state index is -0.234. The van der Waals surface area contributed by atoms with Gasteiger partial charge in [-0.05, 0) is 53.4 Å². The lowest BCUT2D eigenvalue weighted by Gasteiger charge is -2.19. The molecule has 5 heteroatoms. The molecule has 0 bridgehead atoms. The van der Waals surface area contributed by atoms with Crippen molar-refractivity contribution in [3.05, 3.63) is 89.4 Å². The molecule has 144 valence electrons. The molecule has 1 aromatic heterocycles. The van der Waals surface area contributed by atoms with Crippen LogP contribution in [-0.4, -0.2) is 11.8 Å². The van der Waals surface area contributed by atoms with Crippen LogP contribution in [0, 0.1) is 0 Å². The summed E-state index contributed by atoms with van der Waals surface area (Å²) in [5, 5.41) is 5.63. The van der Waals surface area contributed by atoms with E-state index >= 15 is 0 Å². The molecule has 1 heterocycles. The minimum Gasteiger partial charge on any atom is -0.467 e. The van der Waals surface area contributed by atoms with Crippen molar-refractivity contribution in [3.63, 3.8) is 0 Å². The molecule has 2 N–H and O–H groups in total. The summed E-state index contributed by atoms with van der Waals surface area (Å²) >= 11 is 0. The molecule has 0 spiro atoms. The standard InChI is InChI=1S/C23H24N2O3/c1-23(2,3)18-11-9-16(10-12-18)22(27)25-19-7-4-6-17(14-19)21(26)24-15-20-8-5-13-28-20/h4-14H,15H2,1-3H3,(H,24,26)(H,25,27). The molecule has 2 aromatic carbocycles. The van der Waals surface area contributed by atoms with Gasteiger partial charge in [-0.1, -0.05) is 39.0 Å². The largest absolute Gasteiger partial charge is 0.467 e. The van der Waals surface area contributed by atoms with Crippen molar-refractivity contribution in [3.8, 4) is 0 Å². The molecule has 0 atom stereocenters. The molecule has 0 radical (unpaired) electrons. The van der Waals surface area contributed by atoms with Crippen LogP contribution in [0.15, 0.2) is 71.3 Å². The molecule has 0 saturated carbocycles. The summed E-state index contributed by atoms with van der Waals surface area (Å²) in [4.78, 5) is 24.8. The molecular weight excluding hydrogens is 352 g/mol. The van der Waals surface area contributed by atoms with Gasteiger partial charge in [-0.25, -0.2) is 0 Å². The summed E-state index contributed by atoms with van der Waals surface area (Å²) < 4.78 is 5.20. The fraction of sp³-hybridized carbons (Fsp3) is 0.217. The Balaban J connectivity index is 1.65. The van der Waals surface area contributed by atoms with E-state index in [0.29, 0.717) is 29.1 Å². The Kier molecular flexibility index (Phi) is 5.64. The van der Waals surface area contributed by atoms with Gasteiger partial charge in [0, 0.05) is 16.8 Å². The number of hydrogen-bond acceptors (Lipinski definition) is 3. The van der Waals surface area contributed by atoms with Crippen molar-refractivity contribution in [1.82, 2.24) is 5.32 Å². The molecule has 0 unspecified atom stereocenters. The van der Waals surface area contributed by atoms with Crippen LogP contribution in [0.25, 0.3) is 0 Å². The van der Waals surface area contributed by atoms with E-state index in [1.807, 2.05) is 24.3 Å². The maximum absolute atomic E-state index is 12.5. The van der Waals surface area contributed by atoms with E-state index in [4.69, 9.17) is 4.42 Å². The van der Waals surface area contributed by atoms with Gasteiger partial charge in [-0.3, -0.25) is 9.59 Å². The Labute approximate surface area is 164 Å². The lowest BCUT2D eigenvalue weighted by Crippen LogP contribution is -2.22. The van der Waals surface area contributed by atoms with Gasteiger partial charge < -0.3 is 15.1 Å². The first kappa shape index (κ1) is 19.4. The van der Waals surface area contributed by atoms with Crippen LogP contribution in [0.5, 0.6) is 0 Å². The molecule has 5 nitrogen and oxygen atoms in total. The maximum atomic E-state index is 12.5. The number of carbonyl (C=O) groups is 2. The van der Waals surface area contributed by atoms with E-state index in [1.165, 1.54) is 5.56 Å². The van der Waals surface area contributed by atoms with Gasteiger partial charge in [0.2, 0.25) is 0 Å². The van der Waals surface area contributed by atoms with Crippen molar-refractivity contribution >= 4 is 17.5 Å². The van der Waals surface area contributed by atoms with E-state index in [1.54, 1.807) is 42.7 Å². The lowest BCUT2D eigenvalue weighted by atomic mass is 9.87. The molecule has 0 aliphatic heterocycles. The van der Waals surface area contributed by atoms with E-state index in [0.717, 1.165) is 0 Å². The predicted molar refractivity (Wildman–Crippen MR) is 109 cm³/mol. The molecule has 2 amide bonds. The maximum Gasteiger partial charge on any atom is 0.255 e. The third kappa shape index (κ3) is 4.88. The Morgan fingerprint density at radius 1 is 0.893 bits per heavy atom. The number of hydrogen-bond donors (Lipinski definition) is 2. The van der Waals surface area contributed by atoms with Crippen molar-refractivity contribution in [2.75, 3.05) is 5.32 Å². The van der Waals surface area contributed by atoms with Crippen molar-refractivity contribution < 1.29 is 14.0 Å². The number of benzene rings is 2. The van der Waals surface area contributed by atoms with Gasteiger partial charge in [0.25, 0.3) is 11.8 Å². The number of amides is 2. The minimum absolute atomic E-state index is 0.0341. The van der Waals surface area contributed by atoms with E-state index < -0.39 is 0 Å². The monoisotopic (exact) mass is 376 g/mol. The molecule has 3 aromatic rings. The Morgan fingerprint density at radius 3 is 2.29 bits per heavy atom. The highest BCUT2D eigenvalue weighted by Crippen LogP contribution is 2.22. The summed E-state index contributed by atoms with van der Waals surface area (Å²) in [5.74, 6) is 0.229. The molecule has 0 saturated heterocycles. The summed E-state index contributed by atoms with van der Waals surface area (Å²) in [7, 11) is 0. The smallest absolute Gasteiger partial charge is 0.255 e. The Hall–Kier alpha value is -3.34. The van der Waals surface area contributed by atoms with Crippen molar-refractivity contribution in [2.45, 2.75) is 32.7 Å². The zero-order chi connectivity index (χ0) is 20.1. The average Bonchev–Trinajstić information content (AvgIpc) is 3.19. The summed E-state index contributed by atoms with van der Waals surface area (Å²) in [5.41, 5.74) is 2.80. The number of anilines is 1. The van der Waals surface area contributed by atoms with Gasteiger partial charge in [0.15, 0.2) is 0 Å². The van der Waals surface area contributed by atoms with Crippen molar-refractivity contribution in [1.29, 1.82) is 0 Å². The van der Waals surface area contributed by atoms with Gasteiger partial charge in [0.05, 0.1) is 12.8 Å². The highest BCUT2D eigenvalue weighted by molar-refractivity contribution is 6.05. The third-order valence-electron chi connectivity index (χ3n) is 4.40. The summed E-state index contributed by atoms with van der Waals surface area (Å²) in [6, 6.07) is 18.0. The first-order valence-corrected chi connectivity index (χ1v) is 9.15. The van der Waals surface area contributed by atoms with Crippen LogP contribution in [0.4, 0.5) is 5.69 Å². The molecule has 0 fully saturated rings. The van der Waals surface area contributed by atoms with Crippen LogP contribution < -0.4 is 10.6 Å². The second-order valence-electron chi connectivity index (χ2n) is 7.62. The zero-order valence-electron chi connectivity index (χ0n) is 16.3. The topological polar surface area (TPSA) is 71.3 Å². The highest BCUT2D eigenvalue weighted by Gasteiger charge is 2.15. The zero-order valence-corrected chi connectivity index (χ0v) is 16.3. The van der Waals surface area contributed by atoms with Crippen LogP contribution >= 0.6 is 0 Å². The van der Waals surface area contributed by atoms with Gasteiger partial charge in [-0.15, -0.1) is 0 Å². The SMILES string of the molecule is CC(C)(C)c1ccc(C(=O)Nc2cccc(C(=O)NCc3ccco3)c2)cc1. The molecule has 0 aliphatic rings. The van der Waals surface area contributed by atoms with E-state index in [9.17, 15) is 9.59 Å². The Morgan fingerprint density at radius 2 is 1.64 bits per heavy atom. The molecule has 3 rings (SSSR count). The van der Waals surface area contributed by atoms with E-state index in [-0.39, 0.29) is 17.2 Å². The van der Waals surface area contributed by atoms with Gasteiger partial charge >= 0.3 is 0 Å². The lowest BCUT2D eigenvalue weighted by molar-refractivity contribution is 0.0946. The Bertz CT molecular complexity index is 952. The summed E-state index contributed by atoms with van der Waals surface area (Å²) in [6.07, 6.45) is 1.56. The van der Waals surface area contributed by atoms with Crippen LogP contribution in [0.2, 0.25) is 0 Å². The molecule has 28 heavy (non-hydrogen) atoms. The van der Waals surface area contributed by atoms with Crippen LogP contribution in [0.1, 0.15) is 52.8 Å². The first-order chi connectivity index (χ1) is 13.3. The average molecular weight is 376 g/mol. The van der Waals surface area contributed by atoms with Gasteiger partial charge in [-0.2, -0.15) is 0 Å². The number of nitrogens with one attached hydrogen (secondary N) is 2. The van der Waals surface area contributed by atoms with Crippen molar-refractivity contribution in [2.24, 2.45) is 0 Å². The van der Waals surface area contributed by atoms with E-state index in [2.05, 4.69) is 31.4 Å². The second-order valence-corrected chi connectivity index (χ2v) is 7.62. The number of rotatable bonds is 5.